The van der Waals surface area contributed by atoms with Crippen LogP contribution in [0.1, 0.15) is 32.1 Å². The zero-order valence-electron chi connectivity index (χ0n) is 12.2. The maximum Gasteiger partial charge on any atom is 0.327 e. The number of carboxylic acids is 3. The van der Waals surface area contributed by atoms with Crippen molar-refractivity contribution < 1.29 is 81.1 Å². The van der Waals surface area contributed by atoms with Gasteiger partial charge >= 0.3 is 23.9 Å². The number of hydrogen-bond acceptors (Lipinski definition) is 8. The summed E-state index contributed by atoms with van der Waals surface area (Å²) in [4.78, 5) is 47.9. The molecule has 23 heavy (non-hydrogen) atoms. The number of carbonyl (C=O) groups is 4. The molecule has 11 nitrogen and oxygen atoms in total. The summed E-state index contributed by atoms with van der Waals surface area (Å²) in [6.07, 6.45) is -3.55. The zero-order valence-corrected chi connectivity index (χ0v) is 15.3. The smallest absolute Gasteiger partial charge is 0.327 e. The fourth-order valence-corrected chi connectivity index (χ4v) is 2.41. The van der Waals surface area contributed by atoms with Crippen molar-refractivity contribution in [3.63, 3.8) is 0 Å². The van der Waals surface area contributed by atoms with Crippen LogP contribution in [-0.2, 0) is 24.0 Å². The predicted molar refractivity (Wildman–Crippen MR) is 69.8 cm³/mol. The van der Waals surface area contributed by atoms with E-state index in [0.29, 0.717) is 0 Å². The second-order valence-corrected chi connectivity index (χ2v) is 5.29. The number of carbonyl (C=O) groups excluding carboxylic acids is 1. The van der Waals surface area contributed by atoms with E-state index in [2.05, 4.69) is 10.7 Å². The summed E-state index contributed by atoms with van der Waals surface area (Å²) < 4.78 is 0. The van der Waals surface area contributed by atoms with Gasteiger partial charge in [-0.25, -0.2) is 0 Å². The summed E-state index contributed by atoms with van der Waals surface area (Å²) in [6, 6.07) is 0. The summed E-state index contributed by atoms with van der Waals surface area (Å²) in [6.45, 7) is 0. The van der Waals surface area contributed by atoms with Crippen LogP contribution in [0.2, 0.25) is 0 Å². The average Bonchev–Trinajstić information content (AvgIpc) is 2.23. The molecule has 0 unspecified atom stereocenters. The molecule has 0 bridgehead atoms. The number of aliphatic carboxylic acids is 3. The summed E-state index contributed by atoms with van der Waals surface area (Å²) in [5.74, 6) is -0.609. The molecule has 0 aromatic rings. The molecule has 0 radical (unpaired) electrons. The Morgan fingerprint density at radius 2 is 1.17 bits per heavy atom. The Bertz CT molecular complexity index is 427. The standard InChI is InChI=1S/C11H19N3O8.Ce/c12-11(13,4-9(21)22-14)5-10(1-6(15)16,2-7(17)18)3-8(19)20;/h1-5,12-14H2,(H,15,16)(H,17,18)(H,19,20);. The van der Waals surface area contributed by atoms with Gasteiger partial charge in [-0.3, -0.25) is 19.2 Å². The summed E-state index contributed by atoms with van der Waals surface area (Å²) >= 11 is 0. The molecule has 0 aliphatic rings. The molecule has 0 saturated carbocycles. The molecule has 0 rings (SSSR count). The van der Waals surface area contributed by atoms with Gasteiger partial charge in [-0.05, 0) is 6.42 Å². The van der Waals surface area contributed by atoms with Crippen LogP contribution in [0, 0.1) is 47.2 Å². The second kappa shape index (κ2) is 10.1. The molecule has 130 valence electrons. The van der Waals surface area contributed by atoms with Gasteiger partial charge in [-0.15, -0.1) is 0 Å². The maximum atomic E-state index is 11.1. The van der Waals surface area contributed by atoms with E-state index in [-0.39, 0.29) is 41.7 Å². The van der Waals surface area contributed by atoms with Gasteiger partial charge in [-0.2, -0.15) is 5.90 Å². The molecular weight excluding hydrogens is 442 g/mol. The Kier molecular flexibility index (Phi) is 10.7. The molecule has 0 spiro atoms. The van der Waals surface area contributed by atoms with Gasteiger partial charge < -0.3 is 31.6 Å². The van der Waals surface area contributed by atoms with Gasteiger partial charge in [0.05, 0.1) is 31.3 Å². The third kappa shape index (κ3) is 10.5. The molecular formula is C11H19CeN3O8. The molecule has 12 heteroatoms. The Morgan fingerprint density at radius 1 is 0.826 bits per heavy atom. The monoisotopic (exact) mass is 461 g/mol. The fourth-order valence-electron chi connectivity index (χ4n) is 2.41. The number of carboxylic acid groups (broad SMARTS) is 3. The van der Waals surface area contributed by atoms with Gasteiger partial charge in [0.2, 0.25) is 0 Å². The van der Waals surface area contributed by atoms with Crippen LogP contribution in [0.5, 0.6) is 0 Å². The van der Waals surface area contributed by atoms with E-state index in [9.17, 15) is 19.2 Å². The first-order valence-corrected chi connectivity index (χ1v) is 6.04. The van der Waals surface area contributed by atoms with E-state index in [1.54, 1.807) is 0 Å². The third-order valence-corrected chi connectivity index (χ3v) is 2.89. The van der Waals surface area contributed by atoms with Gasteiger partial charge in [0.15, 0.2) is 0 Å². The first kappa shape index (κ1) is 24.4. The van der Waals surface area contributed by atoms with Crippen molar-refractivity contribution >= 4 is 23.9 Å². The van der Waals surface area contributed by atoms with Crippen molar-refractivity contribution in [2.75, 3.05) is 0 Å². The Morgan fingerprint density at radius 3 is 1.43 bits per heavy atom. The Labute approximate surface area is 164 Å². The van der Waals surface area contributed by atoms with E-state index in [4.69, 9.17) is 26.8 Å². The quantitative estimate of drug-likeness (QED) is 0.158. The average molecular weight is 461 g/mol. The van der Waals surface area contributed by atoms with Crippen LogP contribution in [0.4, 0.5) is 0 Å². The summed E-state index contributed by atoms with van der Waals surface area (Å²) in [7, 11) is 0. The van der Waals surface area contributed by atoms with Gasteiger partial charge in [-0.1, -0.05) is 0 Å². The topological polar surface area (TPSA) is 216 Å². The molecule has 0 saturated heterocycles. The largest absolute Gasteiger partial charge is 0.481 e. The Balaban J connectivity index is 0. The van der Waals surface area contributed by atoms with Crippen molar-refractivity contribution in [3.8, 4) is 0 Å². The molecule has 9 N–H and O–H groups in total. The van der Waals surface area contributed by atoms with Crippen LogP contribution >= 0.6 is 0 Å². The molecule has 0 aromatic heterocycles. The van der Waals surface area contributed by atoms with Gasteiger partial charge in [0, 0.05) is 47.2 Å². The van der Waals surface area contributed by atoms with Crippen molar-refractivity contribution in [1.82, 2.24) is 0 Å². The van der Waals surface area contributed by atoms with E-state index >= 15 is 0 Å². The fraction of sp³-hybridized carbons (Fsp3) is 0.636. The molecule has 0 amide bonds. The molecule has 0 atom stereocenters. The summed E-state index contributed by atoms with van der Waals surface area (Å²) in [5, 5.41) is 26.8. The van der Waals surface area contributed by atoms with Crippen LogP contribution in [0.3, 0.4) is 0 Å². The van der Waals surface area contributed by atoms with Crippen molar-refractivity contribution in [2.24, 2.45) is 22.8 Å². The van der Waals surface area contributed by atoms with Crippen molar-refractivity contribution in [2.45, 2.75) is 37.8 Å². The van der Waals surface area contributed by atoms with Crippen LogP contribution in [-0.4, -0.2) is 44.9 Å². The van der Waals surface area contributed by atoms with Crippen LogP contribution in [0.25, 0.3) is 0 Å². The van der Waals surface area contributed by atoms with E-state index in [0.717, 1.165) is 0 Å². The van der Waals surface area contributed by atoms with Gasteiger partial charge in [0.1, 0.15) is 0 Å². The maximum absolute atomic E-state index is 11.1. The molecule has 0 aliphatic carbocycles. The minimum absolute atomic E-state index is 0. The van der Waals surface area contributed by atoms with Crippen LogP contribution in [0.15, 0.2) is 0 Å². The third-order valence-electron chi connectivity index (χ3n) is 2.89. The normalized spacial score (nSPS) is 11.3. The number of nitrogens with two attached hydrogens (primary N) is 3. The number of rotatable bonds is 10. The second-order valence-electron chi connectivity index (χ2n) is 5.29. The molecule has 0 fully saturated rings. The van der Waals surface area contributed by atoms with E-state index in [1.165, 1.54) is 0 Å². The first-order chi connectivity index (χ1) is 9.91. The van der Waals surface area contributed by atoms with Crippen molar-refractivity contribution in [1.29, 1.82) is 0 Å². The first-order valence-electron chi connectivity index (χ1n) is 6.04. The minimum atomic E-state index is -1.88. The minimum Gasteiger partial charge on any atom is -0.481 e. The van der Waals surface area contributed by atoms with Crippen molar-refractivity contribution in [3.05, 3.63) is 0 Å². The summed E-state index contributed by atoms with van der Waals surface area (Å²) in [5.41, 5.74) is 7.66. The van der Waals surface area contributed by atoms with Crippen LogP contribution < -0.4 is 17.4 Å². The van der Waals surface area contributed by atoms with Gasteiger partial charge in [0.25, 0.3) is 0 Å². The predicted octanol–water partition coefficient (Wildman–Crippen LogP) is -1.79. The number of hydrogen-bond donors (Lipinski definition) is 6. The molecule has 0 heterocycles. The SMILES string of the molecule is NOC(=O)CC(N)(N)CC(CC(=O)O)(CC(=O)O)CC(=O)O.[Ce]. The molecule has 0 aromatic carbocycles. The molecule has 0 aliphatic heterocycles. The Hall–Kier alpha value is -0.863. The van der Waals surface area contributed by atoms with E-state index < -0.39 is 67.1 Å². The van der Waals surface area contributed by atoms with E-state index in [1.807, 2.05) is 0 Å². The zero-order chi connectivity index (χ0) is 17.6.